The molecule has 8 bridgehead atoms. The standard InChI is InChI=1S/C60H79N5O4/c1-11-13-27-65(28-14-12-2)60-56-21-19-54(63-56)58(44-33-48(66-29-23-40(3)4)38-49(34-44)67-30-24-41(5)6)52-17-15-46(61-52)37-47-16-18-53(62-47)59(55-20-22-57(60)64-55)45-35-50(68-31-25-42(7)8)39-51(36-45)69-32-26-43(9)10/h15-22,33-43,61,64H,11-14,23-32H2,1-10H3. The number of nitrogens with one attached hydrogen (secondary N) is 2. The largest absolute Gasteiger partial charge is 0.493 e. The van der Waals surface area contributed by atoms with E-state index in [0.29, 0.717) is 50.1 Å². The van der Waals surface area contributed by atoms with Gasteiger partial charge in [-0.2, -0.15) is 0 Å². The van der Waals surface area contributed by atoms with E-state index in [1.807, 2.05) is 12.1 Å². The van der Waals surface area contributed by atoms with Gasteiger partial charge in [-0.25, -0.2) is 9.97 Å². The van der Waals surface area contributed by atoms with E-state index in [-0.39, 0.29) is 0 Å². The maximum absolute atomic E-state index is 6.47. The zero-order valence-electron chi connectivity index (χ0n) is 43.3. The molecule has 0 saturated heterocycles. The Morgan fingerprint density at radius 1 is 0.464 bits per heavy atom. The smallest absolute Gasteiger partial charge is 0.123 e. The van der Waals surface area contributed by atoms with E-state index in [4.69, 9.17) is 28.9 Å². The lowest BCUT2D eigenvalue weighted by atomic mass is 10.0. The molecule has 5 aromatic rings. The lowest BCUT2D eigenvalue weighted by Gasteiger charge is -2.25. The van der Waals surface area contributed by atoms with Crippen LogP contribution < -0.4 is 23.8 Å². The van der Waals surface area contributed by atoms with E-state index in [1.54, 1.807) is 0 Å². The first-order valence-corrected chi connectivity index (χ1v) is 26.1. The van der Waals surface area contributed by atoms with E-state index in [9.17, 15) is 0 Å². The molecule has 2 aliphatic heterocycles. The predicted molar refractivity (Wildman–Crippen MR) is 292 cm³/mol. The molecule has 7 rings (SSSR count). The van der Waals surface area contributed by atoms with Crippen molar-refractivity contribution < 1.29 is 18.9 Å². The van der Waals surface area contributed by atoms with Crippen molar-refractivity contribution >= 4 is 52.1 Å². The first-order chi connectivity index (χ1) is 33.4. The molecule has 2 N–H and O–H groups in total. The zero-order chi connectivity index (χ0) is 48.9. The minimum Gasteiger partial charge on any atom is -0.493 e. The van der Waals surface area contributed by atoms with E-state index in [1.165, 1.54) is 0 Å². The number of benzene rings is 2. The third kappa shape index (κ3) is 14.1. The van der Waals surface area contributed by atoms with Crippen molar-refractivity contribution in [2.45, 2.75) is 121 Å². The third-order valence-electron chi connectivity index (χ3n) is 12.6. The molecule has 69 heavy (non-hydrogen) atoms. The number of hydrogen-bond acceptors (Lipinski definition) is 7. The summed E-state index contributed by atoms with van der Waals surface area (Å²) in [6.07, 6.45) is 16.8. The lowest BCUT2D eigenvalue weighted by Crippen LogP contribution is -2.26. The second-order valence-electron chi connectivity index (χ2n) is 20.5. The van der Waals surface area contributed by atoms with Crippen LogP contribution in [0.15, 0.2) is 66.7 Å². The lowest BCUT2D eigenvalue weighted by molar-refractivity contribution is 0.276. The van der Waals surface area contributed by atoms with Gasteiger partial charge in [-0.05, 0) is 152 Å². The van der Waals surface area contributed by atoms with Gasteiger partial charge in [0.05, 0.1) is 60.4 Å². The Balaban J connectivity index is 1.51. The van der Waals surface area contributed by atoms with Crippen LogP contribution in [0, 0.1) is 23.7 Å². The molecule has 0 fully saturated rings. The average molecular weight is 934 g/mol. The fourth-order valence-corrected chi connectivity index (χ4v) is 8.51. The van der Waals surface area contributed by atoms with Crippen molar-refractivity contribution in [3.8, 4) is 45.3 Å². The molecule has 368 valence electrons. The molecule has 0 unspecified atom stereocenters. The van der Waals surface area contributed by atoms with Crippen molar-refractivity contribution in [3.63, 3.8) is 0 Å². The van der Waals surface area contributed by atoms with E-state index in [2.05, 4.69) is 163 Å². The summed E-state index contributed by atoms with van der Waals surface area (Å²) in [5.41, 5.74) is 12.3. The van der Waals surface area contributed by atoms with Crippen molar-refractivity contribution in [2.75, 3.05) is 44.4 Å². The van der Waals surface area contributed by atoms with Crippen molar-refractivity contribution in [1.29, 1.82) is 0 Å². The van der Waals surface area contributed by atoms with Crippen LogP contribution in [0.5, 0.6) is 23.0 Å². The number of aromatic amines is 2. The van der Waals surface area contributed by atoms with Crippen LogP contribution in [-0.4, -0.2) is 59.5 Å². The Kier molecular flexibility index (Phi) is 18.1. The first-order valence-electron chi connectivity index (χ1n) is 26.1. The van der Waals surface area contributed by atoms with Gasteiger partial charge in [0.25, 0.3) is 0 Å². The highest BCUT2D eigenvalue weighted by Gasteiger charge is 2.21. The number of anilines is 1. The summed E-state index contributed by atoms with van der Waals surface area (Å²) in [5.74, 6) is 5.28. The summed E-state index contributed by atoms with van der Waals surface area (Å²) in [6.45, 7) is 26.7. The Morgan fingerprint density at radius 3 is 1.36 bits per heavy atom. The van der Waals surface area contributed by atoms with Gasteiger partial charge in [0.2, 0.25) is 0 Å². The second-order valence-corrected chi connectivity index (χ2v) is 20.5. The van der Waals surface area contributed by atoms with E-state index < -0.39 is 0 Å². The Bertz CT molecular complexity index is 2560. The highest BCUT2D eigenvalue weighted by atomic mass is 16.5. The molecule has 0 atom stereocenters. The molecule has 0 aliphatic carbocycles. The van der Waals surface area contributed by atoms with Crippen LogP contribution in [0.4, 0.5) is 5.69 Å². The quantitative estimate of drug-likeness (QED) is 0.0589. The molecule has 3 aromatic heterocycles. The van der Waals surface area contributed by atoms with Crippen LogP contribution in [0.2, 0.25) is 0 Å². The SMILES string of the molecule is CCCCN(CCCC)c1c2nc(c(-c3cc(OCCC(C)C)cc(OCCC(C)C)c3)c3ccc(cc4nc(c(-c5cc(OCCC(C)C)cc(OCCC(C)C)c5)c5ccc1[nH]5)C=C4)[nH]3)C=C2. The molecular formula is C60H79N5O4. The van der Waals surface area contributed by atoms with Gasteiger partial charge >= 0.3 is 0 Å². The van der Waals surface area contributed by atoms with Gasteiger partial charge in [0.15, 0.2) is 0 Å². The van der Waals surface area contributed by atoms with Gasteiger partial charge < -0.3 is 33.8 Å². The summed E-state index contributed by atoms with van der Waals surface area (Å²) >= 11 is 0. The maximum Gasteiger partial charge on any atom is 0.123 e. The minimum atomic E-state index is 0.530. The van der Waals surface area contributed by atoms with Gasteiger partial charge in [-0.3, -0.25) is 0 Å². The maximum atomic E-state index is 6.47. The molecule has 2 aliphatic rings. The molecule has 9 heteroatoms. The molecule has 0 spiro atoms. The summed E-state index contributed by atoms with van der Waals surface area (Å²) in [7, 11) is 0. The number of ether oxygens (including phenoxy) is 4. The van der Waals surface area contributed by atoms with Crippen molar-refractivity contribution in [1.82, 2.24) is 19.9 Å². The van der Waals surface area contributed by atoms with Crippen molar-refractivity contribution in [3.05, 3.63) is 89.5 Å². The summed E-state index contributed by atoms with van der Waals surface area (Å²) < 4.78 is 25.9. The molecule has 2 aromatic carbocycles. The molecule has 5 heterocycles. The van der Waals surface area contributed by atoms with Gasteiger partial charge in [-0.15, -0.1) is 0 Å². The molecular weight excluding hydrogens is 855 g/mol. The Hall–Kier alpha value is -5.96. The Morgan fingerprint density at radius 2 is 0.884 bits per heavy atom. The monoisotopic (exact) mass is 934 g/mol. The van der Waals surface area contributed by atoms with Crippen LogP contribution in [0.1, 0.15) is 143 Å². The third-order valence-corrected chi connectivity index (χ3v) is 12.6. The van der Waals surface area contributed by atoms with Gasteiger partial charge in [0, 0.05) is 52.9 Å². The summed E-state index contributed by atoms with van der Waals surface area (Å²) in [5, 5.41) is 0. The van der Waals surface area contributed by atoms with Crippen molar-refractivity contribution in [2.24, 2.45) is 23.7 Å². The van der Waals surface area contributed by atoms with Crippen LogP contribution in [-0.2, 0) is 0 Å². The number of unbranched alkanes of at least 4 members (excludes halogenated alkanes) is 2. The Labute approximate surface area is 412 Å². The highest BCUT2D eigenvalue weighted by molar-refractivity contribution is 5.96. The minimum absolute atomic E-state index is 0.530. The fraction of sp³-hybridized carbons (Fsp3) is 0.467. The highest BCUT2D eigenvalue weighted by Crippen LogP contribution is 2.40. The molecule has 0 radical (unpaired) electrons. The predicted octanol–water partition coefficient (Wildman–Crippen LogP) is 16.1. The number of H-pyrrole nitrogens is 2. The van der Waals surface area contributed by atoms with Crippen LogP contribution in [0.3, 0.4) is 0 Å². The number of hydrogen-bond donors (Lipinski definition) is 2. The number of rotatable bonds is 25. The van der Waals surface area contributed by atoms with Crippen LogP contribution in [0.25, 0.3) is 68.6 Å². The second kappa shape index (κ2) is 24.5. The average Bonchev–Trinajstić information content (AvgIpc) is 4.15. The molecule has 9 nitrogen and oxygen atoms in total. The fourth-order valence-electron chi connectivity index (χ4n) is 8.51. The summed E-state index contributed by atoms with van der Waals surface area (Å²) in [4.78, 5) is 21.2. The van der Waals surface area contributed by atoms with E-state index in [0.717, 1.165) is 160 Å². The van der Waals surface area contributed by atoms with Gasteiger partial charge in [0.1, 0.15) is 23.0 Å². The number of fused-ring (bicyclic) bond motifs is 8. The van der Waals surface area contributed by atoms with Crippen LogP contribution >= 0.6 is 0 Å². The summed E-state index contributed by atoms with van der Waals surface area (Å²) in [6, 6.07) is 23.5. The first kappa shape index (κ1) is 50.9. The number of aromatic nitrogens is 4. The van der Waals surface area contributed by atoms with Gasteiger partial charge in [-0.1, -0.05) is 82.1 Å². The molecule has 0 saturated carbocycles. The molecule has 0 amide bonds. The normalized spacial score (nSPS) is 12.3. The zero-order valence-corrected chi connectivity index (χ0v) is 43.3. The topological polar surface area (TPSA) is 97.5 Å². The van der Waals surface area contributed by atoms with E-state index >= 15 is 0 Å². The number of nitrogens with zero attached hydrogens (tertiary/aromatic N) is 3.